The van der Waals surface area contributed by atoms with Gasteiger partial charge in [-0.1, -0.05) is 12.1 Å². The SMILES string of the molecule is CN(C(=O)COc1ccccc1N)c1ccc(F)cc1. The predicted octanol–water partition coefficient (Wildman–Crippen LogP) is 2.45. The van der Waals surface area contributed by atoms with E-state index in [1.54, 1.807) is 31.3 Å². The lowest BCUT2D eigenvalue weighted by atomic mass is 10.3. The highest BCUT2D eigenvalue weighted by atomic mass is 19.1. The van der Waals surface area contributed by atoms with E-state index < -0.39 is 0 Å². The van der Waals surface area contributed by atoms with Gasteiger partial charge in [-0.2, -0.15) is 0 Å². The zero-order chi connectivity index (χ0) is 14.5. The molecule has 2 rings (SSSR count). The molecule has 2 aromatic rings. The second kappa shape index (κ2) is 6.06. The van der Waals surface area contributed by atoms with E-state index in [9.17, 15) is 9.18 Å². The molecule has 0 fully saturated rings. The van der Waals surface area contributed by atoms with Crippen molar-refractivity contribution in [2.45, 2.75) is 0 Å². The minimum Gasteiger partial charge on any atom is -0.482 e. The van der Waals surface area contributed by atoms with Crippen LogP contribution in [0.1, 0.15) is 0 Å². The molecule has 0 aliphatic heterocycles. The van der Waals surface area contributed by atoms with Crippen molar-refractivity contribution < 1.29 is 13.9 Å². The molecule has 0 saturated carbocycles. The number of nitrogens with zero attached hydrogens (tertiary/aromatic N) is 1. The molecule has 0 aromatic heterocycles. The highest BCUT2D eigenvalue weighted by molar-refractivity contribution is 5.93. The Hall–Kier alpha value is -2.56. The van der Waals surface area contributed by atoms with Crippen LogP contribution in [0.15, 0.2) is 48.5 Å². The van der Waals surface area contributed by atoms with Crippen LogP contribution in [-0.4, -0.2) is 19.6 Å². The van der Waals surface area contributed by atoms with E-state index in [0.717, 1.165) is 0 Å². The van der Waals surface area contributed by atoms with Crippen molar-refractivity contribution in [2.75, 3.05) is 24.3 Å². The first-order chi connectivity index (χ1) is 9.58. The third-order valence-corrected chi connectivity index (χ3v) is 2.86. The molecule has 20 heavy (non-hydrogen) atoms. The first-order valence-electron chi connectivity index (χ1n) is 6.07. The molecule has 4 nitrogen and oxygen atoms in total. The molecule has 2 aromatic carbocycles. The number of hydrogen-bond acceptors (Lipinski definition) is 3. The zero-order valence-electron chi connectivity index (χ0n) is 11.0. The molecular weight excluding hydrogens is 259 g/mol. The highest BCUT2D eigenvalue weighted by Crippen LogP contribution is 2.20. The van der Waals surface area contributed by atoms with E-state index in [-0.39, 0.29) is 18.3 Å². The molecule has 0 spiro atoms. The van der Waals surface area contributed by atoms with E-state index in [4.69, 9.17) is 10.5 Å². The fourth-order valence-electron chi connectivity index (χ4n) is 1.66. The van der Waals surface area contributed by atoms with Gasteiger partial charge in [-0.25, -0.2) is 4.39 Å². The Kier molecular flexibility index (Phi) is 4.20. The second-order valence-corrected chi connectivity index (χ2v) is 4.26. The minimum absolute atomic E-state index is 0.137. The second-order valence-electron chi connectivity index (χ2n) is 4.26. The van der Waals surface area contributed by atoms with Gasteiger partial charge in [0, 0.05) is 12.7 Å². The number of likely N-dealkylation sites (N-methyl/N-ethyl adjacent to an activating group) is 1. The van der Waals surface area contributed by atoms with Gasteiger partial charge in [0.25, 0.3) is 5.91 Å². The van der Waals surface area contributed by atoms with Gasteiger partial charge >= 0.3 is 0 Å². The highest BCUT2D eigenvalue weighted by Gasteiger charge is 2.12. The van der Waals surface area contributed by atoms with E-state index in [2.05, 4.69) is 0 Å². The van der Waals surface area contributed by atoms with E-state index in [1.165, 1.54) is 29.2 Å². The number of carbonyl (C=O) groups is 1. The molecule has 2 N–H and O–H groups in total. The number of rotatable bonds is 4. The number of halogens is 1. The Morgan fingerprint density at radius 1 is 1.20 bits per heavy atom. The summed E-state index contributed by atoms with van der Waals surface area (Å²) in [4.78, 5) is 13.4. The molecule has 0 atom stereocenters. The number of para-hydroxylation sites is 2. The molecule has 0 aliphatic carbocycles. The number of anilines is 2. The van der Waals surface area contributed by atoms with Crippen molar-refractivity contribution in [2.24, 2.45) is 0 Å². The molecule has 0 saturated heterocycles. The van der Waals surface area contributed by atoms with Gasteiger partial charge in [0.2, 0.25) is 0 Å². The standard InChI is InChI=1S/C15H15FN2O2/c1-18(12-8-6-11(16)7-9-12)15(19)10-20-14-5-3-2-4-13(14)17/h2-9H,10,17H2,1H3. The van der Waals surface area contributed by atoms with Gasteiger partial charge in [-0.05, 0) is 36.4 Å². The fraction of sp³-hybridized carbons (Fsp3) is 0.133. The van der Waals surface area contributed by atoms with E-state index in [0.29, 0.717) is 17.1 Å². The van der Waals surface area contributed by atoms with Crippen LogP contribution < -0.4 is 15.4 Å². The first kappa shape index (κ1) is 13.9. The maximum absolute atomic E-state index is 12.8. The Bertz CT molecular complexity index is 599. The number of nitrogen functional groups attached to an aromatic ring is 1. The largest absolute Gasteiger partial charge is 0.482 e. The predicted molar refractivity (Wildman–Crippen MR) is 76.2 cm³/mol. The minimum atomic E-state index is -0.345. The average molecular weight is 274 g/mol. The van der Waals surface area contributed by atoms with Crippen LogP contribution >= 0.6 is 0 Å². The van der Waals surface area contributed by atoms with Gasteiger partial charge in [0.1, 0.15) is 11.6 Å². The topological polar surface area (TPSA) is 55.6 Å². The van der Waals surface area contributed by atoms with Crippen molar-refractivity contribution in [1.29, 1.82) is 0 Å². The number of benzene rings is 2. The van der Waals surface area contributed by atoms with Gasteiger partial charge in [0.15, 0.2) is 6.61 Å². The molecule has 1 amide bonds. The van der Waals surface area contributed by atoms with E-state index >= 15 is 0 Å². The summed E-state index contributed by atoms with van der Waals surface area (Å²) in [5.41, 5.74) is 6.79. The van der Waals surface area contributed by atoms with Gasteiger partial charge in [-0.15, -0.1) is 0 Å². The van der Waals surface area contributed by atoms with Crippen molar-refractivity contribution in [1.82, 2.24) is 0 Å². The summed E-state index contributed by atoms with van der Waals surface area (Å²) >= 11 is 0. The number of hydrogen-bond donors (Lipinski definition) is 1. The third kappa shape index (κ3) is 3.26. The van der Waals surface area contributed by atoms with Gasteiger partial charge in [-0.3, -0.25) is 4.79 Å². The number of amides is 1. The molecule has 0 heterocycles. The molecule has 0 unspecified atom stereocenters. The van der Waals surface area contributed by atoms with Gasteiger partial charge < -0.3 is 15.4 Å². The van der Waals surface area contributed by atoms with Gasteiger partial charge in [0.05, 0.1) is 5.69 Å². The van der Waals surface area contributed by atoms with E-state index in [1.807, 2.05) is 0 Å². The lowest BCUT2D eigenvalue weighted by Gasteiger charge is -2.18. The summed E-state index contributed by atoms with van der Waals surface area (Å²) in [5.74, 6) is -0.129. The molecule has 0 radical (unpaired) electrons. The molecule has 0 bridgehead atoms. The van der Waals surface area contributed by atoms with Crippen LogP contribution in [0.2, 0.25) is 0 Å². The Balaban J connectivity index is 1.98. The van der Waals surface area contributed by atoms with Crippen molar-refractivity contribution in [3.05, 3.63) is 54.3 Å². The molecule has 0 aliphatic rings. The third-order valence-electron chi connectivity index (χ3n) is 2.86. The van der Waals surface area contributed by atoms with Crippen LogP contribution in [0.4, 0.5) is 15.8 Å². The smallest absolute Gasteiger partial charge is 0.264 e. The molecule has 104 valence electrons. The summed E-state index contributed by atoms with van der Waals surface area (Å²) in [7, 11) is 1.60. The summed E-state index contributed by atoms with van der Waals surface area (Å²) in [6, 6.07) is 12.6. The fourth-order valence-corrected chi connectivity index (χ4v) is 1.66. The average Bonchev–Trinajstić information content (AvgIpc) is 2.46. The van der Waals surface area contributed by atoms with Crippen LogP contribution in [0.5, 0.6) is 5.75 Å². The summed E-state index contributed by atoms with van der Waals surface area (Å²) in [6.45, 7) is -0.137. The number of carbonyl (C=O) groups excluding carboxylic acids is 1. The normalized spacial score (nSPS) is 10.1. The Morgan fingerprint density at radius 2 is 1.85 bits per heavy atom. The molecular formula is C15H15FN2O2. The van der Waals surface area contributed by atoms with Crippen molar-refractivity contribution in [3.63, 3.8) is 0 Å². The van der Waals surface area contributed by atoms with Crippen LogP contribution in [0, 0.1) is 5.82 Å². The van der Waals surface area contributed by atoms with Crippen LogP contribution in [0.3, 0.4) is 0 Å². The molecule has 5 heteroatoms. The number of nitrogens with two attached hydrogens (primary N) is 1. The first-order valence-corrected chi connectivity index (χ1v) is 6.07. The quantitative estimate of drug-likeness (QED) is 0.871. The lowest BCUT2D eigenvalue weighted by molar-refractivity contribution is -0.120. The zero-order valence-corrected chi connectivity index (χ0v) is 11.0. The van der Waals surface area contributed by atoms with Crippen LogP contribution in [-0.2, 0) is 4.79 Å². The summed E-state index contributed by atoms with van der Waals surface area (Å²) in [5, 5.41) is 0. The maximum atomic E-state index is 12.8. The monoisotopic (exact) mass is 274 g/mol. The summed E-state index contributed by atoms with van der Waals surface area (Å²) in [6.07, 6.45) is 0. The lowest BCUT2D eigenvalue weighted by Crippen LogP contribution is -2.31. The Labute approximate surface area is 116 Å². The van der Waals surface area contributed by atoms with Crippen LogP contribution in [0.25, 0.3) is 0 Å². The van der Waals surface area contributed by atoms with Crippen molar-refractivity contribution in [3.8, 4) is 5.75 Å². The van der Waals surface area contributed by atoms with Crippen molar-refractivity contribution >= 4 is 17.3 Å². The number of ether oxygens (including phenoxy) is 1. The Morgan fingerprint density at radius 3 is 2.50 bits per heavy atom. The summed E-state index contributed by atoms with van der Waals surface area (Å²) < 4.78 is 18.2. The maximum Gasteiger partial charge on any atom is 0.264 e.